The minimum atomic E-state index is -3.64. The van der Waals surface area contributed by atoms with Gasteiger partial charge in [0.05, 0.1) is 10.6 Å². The maximum Gasteiger partial charge on any atom is 0.238 e. The SMILES string of the molecule is CC(C)c1ncccc1-c1ccc(S(N)(=O)=O)cc1. The summed E-state index contributed by atoms with van der Waals surface area (Å²) in [7, 11) is -3.64. The molecule has 0 saturated heterocycles. The Morgan fingerprint density at radius 3 is 2.26 bits per heavy atom. The fourth-order valence-corrected chi connectivity index (χ4v) is 2.46. The molecule has 0 spiro atoms. The Bertz CT molecular complexity index is 677. The highest BCUT2D eigenvalue weighted by Gasteiger charge is 2.11. The lowest BCUT2D eigenvalue weighted by Gasteiger charge is -2.11. The average Bonchev–Trinajstić information content (AvgIpc) is 2.38. The summed E-state index contributed by atoms with van der Waals surface area (Å²) in [5, 5.41) is 5.08. The smallest absolute Gasteiger partial charge is 0.238 e. The first-order valence-corrected chi connectivity index (χ1v) is 7.52. The van der Waals surface area contributed by atoms with E-state index in [4.69, 9.17) is 5.14 Å². The molecule has 5 heteroatoms. The number of rotatable bonds is 3. The van der Waals surface area contributed by atoms with Gasteiger partial charge in [0.1, 0.15) is 0 Å². The lowest BCUT2D eigenvalue weighted by Crippen LogP contribution is -2.11. The van der Waals surface area contributed by atoms with Crippen molar-refractivity contribution in [2.75, 3.05) is 0 Å². The highest BCUT2D eigenvalue weighted by molar-refractivity contribution is 7.89. The van der Waals surface area contributed by atoms with Gasteiger partial charge in [-0.15, -0.1) is 0 Å². The fourth-order valence-electron chi connectivity index (χ4n) is 1.95. The van der Waals surface area contributed by atoms with E-state index < -0.39 is 10.0 Å². The molecule has 1 aromatic carbocycles. The molecule has 0 radical (unpaired) electrons. The Hall–Kier alpha value is -1.72. The minimum absolute atomic E-state index is 0.117. The van der Waals surface area contributed by atoms with Crippen LogP contribution in [0.3, 0.4) is 0 Å². The van der Waals surface area contributed by atoms with Gasteiger partial charge in [0.25, 0.3) is 0 Å². The molecule has 0 amide bonds. The standard InChI is InChI=1S/C14H16N2O2S/c1-10(2)14-13(4-3-9-16-14)11-5-7-12(8-6-11)19(15,17)18/h3-10H,1-2H3,(H2,15,17,18). The summed E-state index contributed by atoms with van der Waals surface area (Å²) in [5.74, 6) is 0.300. The molecule has 0 aliphatic rings. The first-order chi connectivity index (χ1) is 8.89. The van der Waals surface area contributed by atoms with Crippen LogP contribution in [0.25, 0.3) is 11.1 Å². The number of aromatic nitrogens is 1. The number of pyridine rings is 1. The predicted molar refractivity (Wildman–Crippen MR) is 75.1 cm³/mol. The zero-order chi connectivity index (χ0) is 14.0. The molecule has 0 atom stereocenters. The summed E-state index contributed by atoms with van der Waals surface area (Å²) in [5.41, 5.74) is 2.94. The van der Waals surface area contributed by atoms with Gasteiger partial charge in [0, 0.05) is 11.8 Å². The van der Waals surface area contributed by atoms with Crippen LogP contribution < -0.4 is 5.14 Å². The molecule has 0 fully saturated rings. The highest BCUT2D eigenvalue weighted by atomic mass is 32.2. The molecule has 0 unspecified atom stereocenters. The van der Waals surface area contributed by atoms with Gasteiger partial charge in [-0.05, 0) is 29.7 Å². The van der Waals surface area contributed by atoms with Crippen LogP contribution in [-0.2, 0) is 10.0 Å². The second kappa shape index (κ2) is 5.11. The van der Waals surface area contributed by atoms with E-state index in [1.807, 2.05) is 12.1 Å². The van der Waals surface area contributed by atoms with Crippen LogP contribution in [-0.4, -0.2) is 13.4 Å². The van der Waals surface area contributed by atoms with Crippen LogP contribution in [0.15, 0.2) is 47.5 Å². The Balaban J connectivity index is 2.49. The van der Waals surface area contributed by atoms with Crippen LogP contribution in [0.2, 0.25) is 0 Å². The van der Waals surface area contributed by atoms with E-state index in [1.54, 1.807) is 18.3 Å². The van der Waals surface area contributed by atoms with Gasteiger partial charge < -0.3 is 0 Å². The van der Waals surface area contributed by atoms with Crippen molar-refractivity contribution in [3.05, 3.63) is 48.3 Å². The van der Waals surface area contributed by atoms with Gasteiger partial charge in [-0.25, -0.2) is 13.6 Å². The zero-order valence-electron chi connectivity index (χ0n) is 10.9. The van der Waals surface area contributed by atoms with Gasteiger partial charge in [0.15, 0.2) is 0 Å². The van der Waals surface area contributed by atoms with Crippen LogP contribution in [0.5, 0.6) is 0 Å². The lowest BCUT2D eigenvalue weighted by atomic mass is 9.98. The Labute approximate surface area is 113 Å². The molecule has 0 bridgehead atoms. The molecular weight excluding hydrogens is 260 g/mol. The number of benzene rings is 1. The van der Waals surface area contributed by atoms with Gasteiger partial charge in [-0.2, -0.15) is 0 Å². The van der Waals surface area contributed by atoms with E-state index in [9.17, 15) is 8.42 Å². The molecule has 4 nitrogen and oxygen atoms in total. The summed E-state index contributed by atoms with van der Waals surface area (Å²) < 4.78 is 22.4. The van der Waals surface area contributed by atoms with Crippen LogP contribution in [0.1, 0.15) is 25.5 Å². The summed E-state index contributed by atoms with van der Waals surface area (Å²) in [4.78, 5) is 4.50. The number of hydrogen-bond acceptors (Lipinski definition) is 3. The van der Waals surface area contributed by atoms with Crippen molar-refractivity contribution in [2.24, 2.45) is 5.14 Å². The third-order valence-electron chi connectivity index (χ3n) is 2.88. The summed E-state index contributed by atoms with van der Waals surface area (Å²) in [6.07, 6.45) is 1.76. The van der Waals surface area contributed by atoms with Crippen molar-refractivity contribution in [1.29, 1.82) is 0 Å². The Morgan fingerprint density at radius 1 is 1.11 bits per heavy atom. The van der Waals surface area contributed by atoms with Crippen molar-refractivity contribution in [3.8, 4) is 11.1 Å². The second-order valence-electron chi connectivity index (χ2n) is 4.66. The molecule has 1 aromatic heterocycles. The zero-order valence-corrected chi connectivity index (χ0v) is 11.7. The monoisotopic (exact) mass is 276 g/mol. The van der Waals surface area contributed by atoms with E-state index in [0.717, 1.165) is 16.8 Å². The minimum Gasteiger partial charge on any atom is -0.260 e. The maximum atomic E-state index is 11.2. The Morgan fingerprint density at radius 2 is 1.74 bits per heavy atom. The van der Waals surface area contributed by atoms with E-state index >= 15 is 0 Å². The van der Waals surface area contributed by atoms with Crippen molar-refractivity contribution < 1.29 is 8.42 Å². The van der Waals surface area contributed by atoms with Crippen molar-refractivity contribution in [1.82, 2.24) is 4.98 Å². The predicted octanol–water partition coefficient (Wildman–Crippen LogP) is 2.52. The van der Waals surface area contributed by atoms with Gasteiger partial charge >= 0.3 is 0 Å². The summed E-state index contributed by atoms with van der Waals surface area (Å²) in [6.45, 7) is 4.15. The molecule has 0 aliphatic heterocycles. The number of sulfonamides is 1. The summed E-state index contributed by atoms with van der Waals surface area (Å²) in [6, 6.07) is 10.4. The normalized spacial score (nSPS) is 11.8. The van der Waals surface area contributed by atoms with Crippen molar-refractivity contribution in [3.63, 3.8) is 0 Å². The number of hydrogen-bond donors (Lipinski definition) is 1. The topological polar surface area (TPSA) is 73.0 Å². The molecule has 19 heavy (non-hydrogen) atoms. The number of primary sulfonamides is 1. The molecule has 0 aliphatic carbocycles. The molecule has 100 valence electrons. The van der Waals surface area contributed by atoms with Crippen molar-refractivity contribution in [2.45, 2.75) is 24.7 Å². The third kappa shape index (κ3) is 3.00. The van der Waals surface area contributed by atoms with Crippen LogP contribution in [0, 0.1) is 0 Å². The fraction of sp³-hybridized carbons (Fsp3) is 0.214. The van der Waals surface area contributed by atoms with E-state index in [-0.39, 0.29) is 4.90 Å². The van der Waals surface area contributed by atoms with Gasteiger partial charge in [0.2, 0.25) is 10.0 Å². The highest BCUT2D eigenvalue weighted by Crippen LogP contribution is 2.27. The second-order valence-corrected chi connectivity index (χ2v) is 6.22. The molecule has 1 heterocycles. The van der Waals surface area contributed by atoms with Crippen LogP contribution >= 0.6 is 0 Å². The largest absolute Gasteiger partial charge is 0.260 e. The first-order valence-electron chi connectivity index (χ1n) is 5.98. The van der Waals surface area contributed by atoms with E-state index in [2.05, 4.69) is 18.8 Å². The number of nitrogens with two attached hydrogens (primary N) is 1. The Kier molecular flexibility index (Phi) is 3.68. The third-order valence-corrected chi connectivity index (χ3v) is 3.81. The van der Waals surface area contributed by atoms with Crippen molar-refractivity contribution >= 4 is 10.0 Å². The average molecular weight is 276 g/mol. The molecule has 2 rings (SSSR count). The summed E-state index contributed by atoms with van der Waals surface area (Å²) >= 11 is 0. The first kappa shape index (κ1) is 13.7. The molecule has 2 aromatic rings. The molecular formula is C14H16N2O2S. The van der Waals surface area contributed by atoms with Gasteiger partial charge in [-0.3, -0.25) is 4.98 Å². The van der Waals surface area contributed by atoms with E-state index in [1.165, 1.54) is 12.1 Å². The maximum absolute atomic E-state index is 11.2. The molecule has 0 saturated carbocycles. The van der Waals surface area contributed by atoms with Gasteiger partial charge in [-0.1, -0.05) is 32.0 Å². The molecule has 2 N–H and O–H groups in total. The number of nitrogens with zero attached hydrogens (tertiary/aromatic N) is 1. The lowest BCUT2D eigenvalue weighted by molar-refractivity contribution is 0.598. The quantitative estimate of drug-likeness (QED) is 0.936. The van der Waals surface area contributed by atoms with Crippen LogP contribution in [0.4, 0.5) is 0 Å². The van der Waals surface area contributed by atoms with E-state index in [0.29, 0.717) is 5.92 Å².